The molecule has 0 aliphatic carbocycles. The van der Waals surface area contributed by atoms with Crippen LogP contribution in [0.25, 0.3) is 0 Å². The Morgan fingerprint density at radius 2 is 1.47 bits per heavy atom. The van der Waals surface area contributed by atoms with Crippen LogP contribution in [0.3, 0.4) is 0 Å². The van der Waals surface area contributed by atoms with E-state index in [1.165, 1.54) is 0 Å². The average Bonchev–Trinajstić information content (AvgIpc) is 2.25. The number of Topliss-reactive ketones (excluding diaryl/α,β-unsaturated/α-hetero) is 1. The lowest BCUT2D eigenvalue weighted by atomic mass is 9.87. The fraction of sp³-hybridized carbons (Fsp3) is 0.533. The van der Waals surface area contributed by atoms with Crippen molar-refractivity contribution in [1.82, 2.24) is 0 Å². The molecule has 1 unspecified atom stereocenters. The van der Waals surface area contributed by atoms with Crippen LogP contribution in [0.1, 0.15) is 46.5 Å². The molecule has 0 saturated heterocycles. The zero-order valence-electron chi connectivity index (χ0n) is 11.7. The van der Waals surface area contributed by atoms with E-state index in [9.17, 15) is 4.79 Å². The average molecular weight is 233 g/mol. The molecule has 0 heterocycles. The van der Waals surface area contributed by atoms with Gasteiger partial charge in [0, 0.05) is 5.56 Å². The van der Waals surface area contributed by atoms with E-state index in [2.05, 4.69) is 6.07 Å². The van der Waals surface area contributed by atoms with Crippen LogP contribution in [0.2, 0.25) is 0 Å². The second-order valence-corrected chi connectivity index (χ2v) is 5.27. The van der Waals surface area contributed by atoms with Gasteiger partial charge in [-0.25, -0.2) is 0 Å². The van der Waals surface area contributed by atoms with Gasteiger partial charge in [-0.2, -0.15) is 0 Å². The van der Waals surface area contributed by atoms with Crippen LogP contribution in [-0.2, 0) is 0 Å². The zero-order valence-corrected chi connectivity index (χ0v) is 11.7. The Labute approximate surface area is 104 Å². The number of nitrogens with two attached hydrogens (primary N) is 1. The van der Waals surface area contributed by atoms with Crippen molar-refractivity contribution in [2.24, 2.45) is 11.7 Å². The van der Waals surface area contributed by atoms with Crippen LogP contribution in [-0.4, -0.2) is 11.8 Å². The van der Waals surface area contributed by atoms with Gasteiger partial charge in [0.1, 0.15) is 0 Å². The van der Waals surface area contributed by atoms with Crippen molar-refractivity contribution in [3.05, 3.63) is 33.9 Å². The molecule has 0 aliphatic rings. The van der Waals surface area contributed by atoms with Crippen LogP contribution in [0, 0.1) is 33.6 Å². The SMILES string of the molecule is Cc1cc(C)c(C)c(C(=O)C(N)C(C)C)c1C. The number of benzene rings is 1. The third kappa shape index (κ3) is 2.58. The molecule has 1 aromatic carbocycles. The summed E-state index contributed by atoms with van der Waals surface area (Å²) in [5.41, 5.74) is 11.3. The topological polar surface area (TPSA) is 43.1 Å². The molecule has 2 nitrogen and oxygen atoms in total. The number of carbonyl (C=O) groups is 1. The van der Waals surface area contributed by atoms with Crippen molar-refractivity contribution >= 4 is 5.78 Å². The van der Waals surface area contributed by atoms with Gasteiger partial charge >= 0.3 is 0 Å². The summed E-state index contributed by atoms with van der Waals surface area (Å²) in [5, 5.41) is 0. The second kappa shape index (κ2) is 5.01. The quantitative estimate of drug-likeness (QED) is 0.815. The van der Waals surface area contributed by atoms with E-state index >= 15 is 0 Å². The minimum Gasteiger partial charge on any atom is -0.321 e. The summed E-state index contributed by atoms with van der Waals surface area (Å²) in [7, 11) is 0. The summed E-state index contributed by atoms with van der Waals surface area (Å²) in [5.74, 6) is 0.240. The van der Waals surface area contributed by atoms with Gasteiger partial charge in [0.25, 0.3) is 0 Å². The Morgan fingerprint density at radius 3 is 1.82 bits per heavy atom. The summed E-state index contributed by atoms with van der Waals surface area (Å²) in [4.78, 5) is 12.4. The Kier molecular flexibility index (Phi) is 4.10. The largest absolute Gasteiger partial charge is 0.321 e. The first-order valence-corrected chi connectivity index (χ1v) is 6.14. The van der Waals surface area contributed by atoms with Crippen molar-refractivity contribution in [3.8, 4) is 0 Å². The fourth-order valence-corrected chi connectivity index (χ4v) is 2.06. The number of hydrogen-bond donors (Lipinski definition) is 1. The smallest absolute Gasteiger partial charge is 0.180 e. The zero-order chi connectivity index (χ0) is 13.3. The molecule has 94 valence electrons. The molecule has 2 N–H and O–H groups in total. The van der Waals surface area contributed by atoms with E-state index in [0.29, 0.717) is 0 Å². The van der Waals surface area contributed by atoms with Gasteiger partial charge in [0.2, 0.25) is 0 Å². The second-order valence-electron chi connectivity index (χ2n) is 5.27. The standard InChI is InChI=1S/C15H23NO/c1-8(2)14(16)15(17)13-11(5)9(3)7-10(4)12(13)6/h7-8,14H,16H2,1-6H3. The highest BCUT2D eigenvalue weighted by Crippen LogP contribution is 2.23. The molecule has 0 spiro atoms. The Morgan fingerprint density at radius 1 is 1.06 bits per heavy atom. The Hall–Kier alpha value is -1.15. The number of rotatable bonds is 3. The summed E-state index contributed by atoms with van der Waals surface area (Å²) < 4.78 is 0. The monoisotopic (exact) mass is 233 g/mol. The fourth-order valence-electron chi connectivity index (χ4n) is 2.06. The van der Waals surface area contributed by atoms with Crippen molar-refractivity contribution in [3.63, 3.8) is 0 Å². The van der Waals surface area contributed by atoms with Gasteiger partial charge < -0.3 is 5.73 Å². The van der Waals surface area contributed by atoms with E-state index in [-0.39, 0.29) is 11.7 Å². The summed E-state index contributed by atoms with van der Waals surface area (Å²) >= 11 is 0. The van der Waals surface area contributed by atoms with Crippen LogP contribution in [0.4, 0.5) is 0 Å². The predicted octanol–water partition coefficient (Wildman–Crippen LogP) is 3.09. The molecule has 1 rings (SSSR count). The van der Waals surface area contributed by atoms with E-state index in [1.807, 2.05) is 41.5 Å². The molecule has 0 radical (unpaired) electrons. The van der Waals surface area contributed by atoms with Crippen molar-refractivity contribution < 1.29 is 4.79 Å². The molecular weight excluding hydrogens is 210 g/mol. The molecule has 17 heavy (non-hydrogen) atoms. The molecule has 0 amide bonds. The highest BCUT2D eigenvalue weighted by molar-refractivity contribution is 6.03. The van der Waals surface area contributed by atoms with Crippen LogP contribution >= 0.6 is 0 Å². The Balaban J connectivity index is 3.36. The molecule has 0 aromatic heterocycles. The molecule has 0 aliphatic heterocycles. The van der Waals surface area contributed by atoms with Crippen LogP contribution in [0.5, 0.6) is 0 Å². The summed E-state index contributed by atoms with van der Waals surface area (Å²) in [6.45, 7) is 12.1. The lowest BCUT2D eigenvalue weighted by molar-refractivity contribution is 0.0939. The van der Waals surface area contributed by atoms with E-state index < -0.39 is 6.04 Å². The third-order valence-corrected chi connectivity index (χ3v) is 3.63. The first-order valence-electron chi connectivity index (χ1n) is 6.14. The molecule has 1 aromatic rings. The molecule has 1 atom stereocenters. The maximum atomic E-state index is 12.4. The first kappa shape index (κ1) is 13.9. The molecule has 0 fully saturated rings. The van der Waals surface area contributed by atoms with Gasteiger partial charge in [-0.15, -0.1) is 0 Å². The lowest BCUT2D eigenvalue weighted by Crippen LogP contribution is -2.36. The molecular formula is C15H23NO. The number of hydrogen-bond acceptors (Lipinski definition) is 2. The lowest BCUT2D eigenvalue weighted by Gasteiger charge is -2.19. The van der Waals surface area contributed by atoms with Crippen LogP contribution < -0.4 is 5.73 Å². The Bertz CT molecular complexity index is 420. The summed E-state index contributed by atoms with van der Waals surface area (Å²) in [6, 6.07) is 1.72. The summed E-state index contributed by atoms with van der Waals surface area (Å²) in [6.07, 6.45) is 0. The molecule has 0 saturated carbocycles. The maximum Gasteiger partial charge on any atom is 0.180 e. The van der Waals surface area contributed by atoms with Crippen molar-refractivity contribution in [2.45, 2.75) is 47.6 Å². The van der Waals surface area contributed by atoms with Gasteiger partial charge in [-0.3, -0.25) is 4.79 Å². The number of carbonyl (C=O) groups excluding carboxylic acids is 1. The third-order valence-electron chi connectivity index (χ3n) is 3.63. The van der Waals surface area contributed by atoms with Gasteiger partial charge in [-0.1, -0.05) is 19.9 Å². The van der Waals surface area contributed by atoms with Crippen LogP contribution in [0.15, 0.2) is 6.07 Å². The first-order chi connectivity index (χ1) is 7.77. The maximum absolute atomic E-state index is 12.4. The minimum absolute atomic E-state index is 0.0711. The van der Waals surface area contributed by atoms with Gasteiger partial charge in [0.05, 0.1) is 6.04 Å². The highest BCUT2D eigenvalue weighted by Gasteiger charge is 2.23. The predicted molar refractivity (Wildman–Crippen MR) is 72.5 cm³/mol. The number of aryl methyl sites for hydroxylation is 2. The highest BCUT2D eigenvalue weighted by atomic mass is 16.1. The van der Waals surface area contributed by atoms with E-state index in [4.69, 9.17) is 5.73 Å². The normalized spacial score (nSPS) is 12.9. The molecule has 0 bridgehead atoms. The van der Waals surface area contributed by atoms with Crippen molar-refractivity contribution in [2.75, 3.05) is 0 Å². The minimum atomic E-state index is -0.409. The van der Waals surface area contributed by atoms with E-state index in [1.54, 1.807) is 0 Å². The van der Waals surface area contributed by atoms with Gasteiger partial charge in [0.15, 0.2) is 5.78 Å². The number of ketones is 1. The van der Waals surface area contributed by atoms with Gasteiger partial charge in [-0.05, 0) is 55.9 Å². The molecule has 2 heteroatoms. The van der Waals surface area contributed by atoms with E-state index in [0.717, 1.165) is 27.8 Å². The van der Waals surface area contributed by atoms with Crippen molar-refractivity contribution in [1.29, 1.82) is 0 Å².